The average Bonchev–Trinajstić information content (AvgIpc) is 2.85. The molecule has 3 rings (SSSR count). The third kappa shape index (κ3) is 2.58. The first-order valence-electron chi connectivity index (χ1n) is 6.05. The minimum Gasteiger partial charge on any atom is -0.304 e. The van der Waals surface area contributed by atoms with Crippen LogP contribution in [0.25, 0.3) is 0 Å². The van der Waals surface area contributed by atoms with E-state index < -0.39 is 0 Å². The summed E-state index contributed by atoms with van der Waals surface area (Å²) in [5, 5.41) is 6.48. The lowest BCUT2D eigenvalue weighted by Gasteiger charge is -2.27. The van der Waals surface area contributed by atoms with Crippen LogP contribution in [0.2, 0.25) is 0 Å². The van der Waals surface area contributed by atoms with Gasteiger partial charge in [-0.05, 0) is 29.5 Å². The Labute approximate surface area is 115 Å². The monoisotopic (exact) mass is 277 g/mol. The Morgan fingerprint density at radius 3 is 3.22 bits per heavy atom. The molecule has 0 spiro atoms. The van der Waals surface area contributed by atoms with Crippen LogP contribution in [0.3, 0.4) is 0 Å². The maximum atomic E-state index is 4.25. The molecule has 3 nitrogen and oxygen atoms in total. The van der Waals surface area contributed by atoms with Crippen LogP contribution in [0.5, 0.6) is 0 Å². The van der Waals surface area contributed by atoms with Gasteiger partial charge < -0.3 is 5.32 Å². The lowest BCUT2D eigenvalue weighted by molar-refractivity contribution is 0.484. The summed E-state index contributed by atoms with van der Waals surface area (Å²) in [6.07, 6.45) is 4.57. The number of aromatic nitrogens is 2. The third-order valence-electron chi connectivity index (χ3n) is 3.08. The Balaban J connectivity index is 1.71. The van der Waals surface area contributed by atoms with Crippen molar-refractivity contribution in [3.63, 3.8) is 0 Å². The summed E-state index contributed by atoms with van der Waals surface area (Å²) >= 11 is 3.85. The minimum absolute atomic E-state index is 0.456. The van der Waals surface area contributed by atoms with Crippen LogP contribution in [0.1, 0.15) is 30.6 Å². The lowest BCUT2D eigenvalue weighted by Crippen LogP contribution is -2.26. The minimum atomic E-state index is 0.456. The van der Waals surface area contributed by atoms with Gasteiger partial charge in [0.25, 0.3) is 0 Å². The lowest BCUT2D eigenvalue weighted by atomic mass is 10.0. The molecule has 0 aliphatic carbocycles. The predicted molar refractivity (Wildman–Crippen MR) is 75.9 cm³/mol. The standard InChI is InChI=1S/C13H15N3S2/c1-9-6-12(11-3-5-17-13(11)18-9)15-7-10-2-4-14-8-16-10/h2-5,8-9,12,15H,6-7H2,1H3/t9-,12?/m0/s1. The highest BCUT2D eigenvalue weighted by Crippen LogP contribution is 2.43. The quantitative estimate of drug-likeness (QED) is 0.934. The molecule has 1 aliphatic rings. The van der Waals surface area contributed by atoms with Crippen LogP contribution in [-0.2, 0) is 6.54 Å². The molecule has 2 atom stereocenters. The fourth-order valence-corrected chi connectivity index (χ4v) is 4.76. The van der Waals surface area contributed by atoms with Gasteiger partial charge in [0.05, 0.1) is 9.90 Å². The summed E-state index contributed by atoms with van der Waals surface area (Å²) in [4.78, 5) is 8.19. The van der Waals surface area contributed by atoms with Crippen LogP contribution in [-0.4, -0.2) is 15.2 Å². The first kappa shape index (κ1) is 12.1. The van der Waals surface area contributed by atoms with E-state index in [4.69, 9.17) is 0 Å². The van der Waals surface area contributed by atoms with E-state index in [-0.39, 0.29) is 0 Å². The highest BCUT2D eigenvalue weighted by Gasteiger charge is 2.25. The van der Waals surface area contributed by atoms with E-state index in [1.165, 1.54) is 16.2 Å². The van der Waals surface area contributed by atoms with Crippen molar-refractivity contribution in [3.8, 4) is 0 Å². The molecule has 1 N–H and O–H groups in total. The molecule has 0 bridgehead atoms. The molecule has 0 saturated carbocycles. The average molecular weight is 277 g/mol. The normalized spacial score (nSPS) is 22.7. The zero-order valence-electron chi connectivity index (χ0n) is 10.2. The predicted octanol–water partition coefficient (Wildman–Crippen LogP) is 3.25. The summed E-state index contributed by atoms with van der Waals surface area (Å²) in [5.74, 6) is 0. The first-order chi connectivity index (χ1) is 8.83. The number of fused-ring (bicyclic) bond motifs is 1. The van der Waals surface area contributed by atoms with E-state index in [1.807, 2.05) is 29.2 Å². The summed E-state index contributed by atoms with van der Waals surface area (Å²) in [7, 11) is 0. The van der Waals surface area contributed by atoms with E-state index in [0.29, 0.717) is 11.3 Å². The summed E-state index contributed by atoms with van der Waals surface area (Å²) < 4.78 is 1.47. The zero-order chi connectivity index (χ0) is 12.4. The molecule has 0 aromatic carbocycles. The Morgan fingerprint density at radius 1 is 1.44 bits per heavy atom. The molecule has 3 heterocycles. The van der Waals surface area contributed by atoms with Crippen molar-refractivity contribution in [2.75, 3.05) is 0 Å². The number of hydrogen-bond acceptors (Lipinski definition) is 5. The maximum absolute atomic E-state index is 4.25. The van der Waals surface area contributed by atoms with Gasteiger partial charge >= 0.3 is 0 Å². The molecule has 2 aromatic rings. The van der Waals surface area contributed by atoms with Crippen molar-refractivity contribution in [1.29, 1.82) is 0 Å². The number of thiophene rings is 1. The van der Waals surface area contributed by atoms with Gasteiger partial charge in [0.1, 0.15) is 6.33 Å². The number of hydrogen-bond donors (Lipinski definition) is 1. The first-order valence-corrected chi connectivity index (χ1v) is 7.81. The van der Waals surface area contributed by atoms with Crippen molar-refractivity contribution in [2.45, 2.75) is 35.4 Å². The third-order valence-corrected chi connectivity index (χ3v) is 5.43. The van der Waals surface area contributed by atoms with E-state index in [2.05, 4.69) is 33.7 Å². The smallest absolute Gasteiger partial charge is 0.115 e. The highest BCUT2D eigenvalue weighted by atomic mass is 32.2. The highest BCUT2D eigenvalue weighted by molar-refractivity contribution is 8.01. The number of nitrogens with zero attached hydrogens (tertiary/aromatic N) is 2. The Bertz CT molecular complexity index is 512. The molecule has 0 amide bonds. The van der Waals surface area contributed by atoms with E-state index >= 15 is 0 Å². The summed E-state index contributed by atoms with van der Waals surface area (Å²) in [6, 6.07) is 4.66. The molecule has 0 radical (unpaired) electrons. The molecule has 94 valence electrons. The SMILES string of the molecule is C[C@H]1CC(NCc2ccncn2)c2ccsc2S1. The van der Waals surface area contributed by atoms with Gasteiger partial charge in [0.15, 0.2) is 0 Å². The van der Waals surface area contributed by atoms with Crippen molar-refractivity contribution < 1.29 is 0 Å². The second-order valence-corrected chi connectivity index (χ2v) is 7.08. The summed E-state index contributed by atoms with van der Waals surface area (Å²) in [6.45, 7) is 3.10. The molecular formula is C13H15N3S2. The van der Waals surface area contributed by atoms with Gasteiger partial charge in [-0.1, -0.05) is 6.92 Å². The van der Waals surface area contributed by atoms with Crippen molar-refractivity contribution in [1.82, 2.24) is 15.3 Å². The molecule has 0 fully saturated rings. The number of nitrogens with one attached hydrogen (secondary N) is 1. The van der Waals surface area contributed by atoms with Crippen LogP contribution < -0.4 is 5.32 Å². The van der Waals surface area contributed by atoms with Gasteiger partial charge in [0.2, 0.25) is 0 Å². The topological polar surface area (TPSA) is 37.8 Å². The molecule has 1 aliphatic heterocycles. The summed E-state index contributed by atoms with van der Waals surface area (Å²) in [5.41, 5.74) is 2.50. The fourth-order valence-electron chi connectivity index (χ4n) is 2.19. The maximum Gasteiger partial charge on any atom is 0.115 e. The molecule has 2 aromatic heterocycles. The van der Waals surface area contributed by atoms with Gasteiger partial charge in [-0.2, -0.15) is 0 Å². The van der Waals surface area contributed by atoms with Gasteiger partial charge in [-0.25, -0.2) is 9.97 Å². The molecule has 18 heavy (non-hydrogen) atoms. The Hall–Kier alpha value is -0.910. The fraction of sp³-hybridized carbons (Fsp3) is 0.385. The second kappa shape index (κ2) is 5.38. The Morgan fingerprint density at radius 2 is 2.39 bits per heavy atom. The van der Waals surface area contributed by atoms with Crippen LogP contribution in [0.4, 0.5) is 0 Å². The zero-order valence-corrected chi connectivity index (χ0v) is 11.8. The molecule has 0 saturated heterocycles. The Kier molecular flexibility index (Phi) is 3.63. The van der Waals surface area contributed by atoms with Gasteiger partial charge in [-0.3, -0.25) is 0 Å². The molecule has 5 heteroatoms. The van der Waals surface area contributed by atoms with Crippen molar-refractivity contribution >= 4 is 23.1 Å². The van der Waals surface area contributed by atoms with E-state index in [0.717, 1.165) is 12.2 Å². The van der Waals surface area contributed by atoms with Crippen LogP contribution in [0.15, 0.2) is 34.2 Å². The van der Waals surface area contributed by atoms with E-state index in [1.54, 1.807) is 12.5 Å². The molecular weight excluding hydrogens is 262 g/mol. The van der Waals surface area contributed by atoms with Crippen molar-refractivity contribution in [2.24, 2.45) is 0 Å². The van der Waals surface area contributed by atoms with Crippen molar-refractivity contribution in [3.05, 3.63) is 41.3 Å². The molecule has 1 unspecified atom stereocenters. The van der Waals surface area contributed by atoms with Gasteiger partial charge in [-0.15, -0.1) is 23.1 Å². The van der Waals surface area contributed by atoms with Gasteiger partial charge in [0, 0.05) is 24.0 Å². The van der Waals surface area contributed by atoms with E-state index in [9.17, 15) is 0 Å². The largest absolute Gasteiger partial charge is 0.304 e. The second-order valence-electron chi connectivity index (χ2n) is 4.46. The number of thioether (sulfide) groups is 1. The number of rotatable bonds is 3. The van der Waals surface area contributed by atoms with Crippen LogP contribution in [0, 0.1) is 0 Å². The van der Waals surface area contributed by atoms with Crippen LogP contribution >= 0.6 is 23.1 Å².